The molecule has 0 unspecified atom stereocenters. The number of carbonyl (C=O) groups is 1. The van der Waals surface area contributed by atoms with Crippen molar-refractivity contribution in [3.63, 3.8) is 0 Å². The number of aryl methyl sites for hydroxylation is 1. The van der Waals surface area contributed by atoms with Crippen LogP contribution in [0.5, 0.6) is 0 Å². The molecule has 3 aromatic rings. The van der Waals surface area contributed by atoms with Crippen LogP contribution in [0.3, 0.4) is 0 Å². The van der Waals surface area contributed by atoms with E-state index in [9.17, 15) is 9.90 Å². The predicted molar refractivity (Wildman–Crippen MR) is 90.9 cm³/mol. The molecule has 120 valence electrons. The molecule has 3 aromatic heterocycles. The predicted octanol–water partition coefficient (Wildman–Crippen LogP) is 2.29. The average molecular weight is 329 g/mol. The molecule has 0 radical (unpaired) electrons. The summed E-state index contributed by atoms with van der Waals surface area (Å²) in [5.41, 5.74) is 3.52. The average Bonchev–Trinajstić information content (AvgIpc) is 3.18. The summed E-state index contributed by atoms with van der Waals surface area (Å²) >= 11 is 1.64. The van der Waals surface area contributed by atoms with Crippen molar-refractivity contribution in [2.45, 2.75) is 13.3 Å². The molecule has 0 saturated heterocycles. The number of fused-ring (bicyclic) bond motifs is 1. The number of rotatable bonds is 6. The highest BCUT2D eigenvalue weighted by Gasteiger charge is 2.13. The van der Waals surface area contributed by atoms with Gasteiger partial charge in [-0.2, -0.15) is 11.3 Å². The third-order valence-electron chi connectivity index (χ3n) is 3.75. The molecule has 0 spiro atoms. The number of hydrogen-bond donors (Lipinski definition) is 2. The fourth-order valence-electron chi connectivity index (χ4n) is 2.54. The van der Waals surface area contributed by atoms with Gasteiger partial charge in [-0.3, -0.25) is 4.79 Å². The van der Waals surface area contributed by atoms with E-state index in [2.05, 4.69) is 15.7 Å². The molecule has 0 aliphatic heterocycles. The molecular formula is C17H19N3O2S. The number of aliphatic hydroxyl groups is 1. The second kappa shape index (κ2) is 6.93. The smallest absolute Gasteiger partial charge is 0.252 e. The maximum Gasteiger partial charge on any atom is 0.252 e. The van der Waals surface area contributed by atoms with E-state index in [-0.39, 0.29) is 18.4 Å². The highest BCUT2D eigenvalue weighted by molar-refractivity contribution is 7.07. The molecule has 5 nitrogen and oxygen atoms in total. The van der Waals surface area contributed by atoms with E-state index in [1.165, 1.54) is 5.56 Å². The van der Waals surface area contributed by atoms with Gasteiger partial charge in [0.25, 0.3) is 5.91 Å². The molecule has 6 heteroatoms. The minimum atomic E-state index is -0.137. The van der Waals surface area contributed by atoms with Crippen LogP contribution in [-0.4, -0.2) is 33.6 Å². The van der Waals surface area contributed by atoms with Crippen LogP contribution >= 0.6 is 11.3 Å². The molecule has 0 saturated carbocycles. The Balaban J connectivity index is 1.62. The SMILES string of the molecule is Cc1cn2cc(C(=O)NC[C@@H](CO)Cc3ccsc3)ccc2n1. The van der Waals surface area contributed by atoms with Gasteiger partial charge in [-0.15, -0.1) is 0 Å². The summed E-state index contributed by atoms with van der Waals surface area (Å²) in [6.07, 6.45) is 4.43. The highest BCUT2D eigenvalue weighted by atomic mass is 32.1. The number of imidazole rings is 1. The van der Waals surface area contributed by atoms with E-state index >= 15 is 0 Å². The van der Waals surface area contributed by atoms with Crippen LogP contribution in [0.1, 0.15) is 21.6 Å². The Morgan fingerprint density at radius 3 is 3.00 bits per heavy atom. The van der Waals surface area contributed by atoms with Crippen molar-refractivity contribution in [3.05, 3.63) is 58.2 Å². The van der Waals surface area contributed by atoms with Crippen molar-refractivity contribution in [2.24, 2.45) is 5.92 Å². The van der Waals surface area contributed by atoms with Crippen molar-refractivity contribution in [2.75, 3.05) is 13.2 Å². The van der Waals surface area contributed by atoms with Gasteiger partial charge in [0, 0.05) is 31.5 Å². The first kappa shape index (κ1) is 15.7. The van der Waals surface area contributed by atoms with Crippen LogP contribution in [0.2, 0.25) is 0 Å². The standard InChI is InChI=1S/C17H19N3O2S/c1-12-8-20-9-15(2-3-16(20)19-12)17(22)18-7-14(10-21)6-13-4-5-23-11-13/h2-5,8-9,11,14,21H,6-7,10H2,1H3,(H,18,22)/t14-/m0/s1. The second-order valence-corrected chi connectivity index (χ2v) is 6.44. The molecule has 0 aliphatic rings. The van der Waals surface area contributed by atoms with E-state index in [4.69, 9.17) is 0 Å². The Morgan fingerprint density at radius 2 is 2.26 bits per heavy atom. The van der Waals surface area contributed by atoms with Gasteiger partial charge < -0.3 is 14.8 Å². The van der Waals surface area contributed by atoms with Crippen LogP contribution in [0.25, 0.3) is 5.65 Å². The Morgan fingerprint density at radius 1 is 1.39 bits per heavy atom. The molecular weight excluding hydrogens is 310 g/mol. The molecule has 0 fully saturated rings. The topological polar surface area (TPSA) is 66.6 Å². The molecule has 1 amide bonds. The van der Waals surface area contributed by atoms with Crippen LogP contribution in [-0.2, 0) is 6.42 Å². The van der Waals surface area contributed by atoms with E-state index in [1.807, 2.05) is 35.0 Å². The maximum absolute atomic E-state index is 12.3. The molecule has 0 aromatic carbocycles. The van der Waals surface area contributed by atoms with E-state index in [1.54, 1.807) is 23.6 Å². The molecule has 2 N–H and O–H groups in total. The lowest BCUT2D eigenvalue weighted by molar-refractivity contribution is 0.0939. The zero-order valence-electron chi connectivity index (χ0n) is 12.9. The lowest BCUT2D eigenvalue weighted by atomic mass is 10.0. The molecule has 3 rings (SSSR count). The van der Waals surface area contributed by atoms with Crippen molar-refractivity contribution >= 4 is 22.9 Å². The summed E-state index contributed by atoms with van der Waals surface area (Å²) in [5, 5.41) is 16.5. The number of nitrogens with zero attached hydrogens (tertiary/aromatic N) is 2. The number of aromatic nitrogens is 2. The normalized spacial score (nSPS) is 12.4. The minimum Gasteiger partial charge on any atom is -0.396 e. The lowest BCUT2D eigenvalue weighted by Gasteiger charge is -2.14. The fourth-order valence-corrected chi connectivity index (χ4v) is 3.22. The third kappa shape index (κ3) is 3.78. The summed E-state index contributed by atoms with van der Waals surface area (Å²) in [6, 6.07) is 5.64. The van der Waals surface area contributed by atoms with Crippen LogP contribution in [0.15, 0.2) is 41.4 Å². The molecule has 0 aliphatic carbocycles. The van der Waals surface area contributed by atoms with Gasteiger partial charge in [-0.25, -0.2) is 4.98 Å². The molecule has 3 heterocycles. The first-order chi connectivity index (χ1) is 11.2. The van der Waals surface area contributed by atoms with Gasteiger partial charge >= 0.3 is 0 Å². The van der Waals surface area contributed by atoms with Gasteiger partial charge in [0.2, 0.25) is 0 Å². The third-order valence-corrected chi connectivity index (χ3v) is 4.48. The molecule has 0 bridgehead atoms. The number of hydrogen-bond acceptors (Lipinski definition) is 4. The zero-order chi connectivity index (χ0) is 16.2. The number of nitrogens with one attached hydrogen (secondary N) is 1. The fraction of sp³-hybridized carbons (Fsp3) is 0.294. The maximum atomic E-state index is 12.3. The van der Waals surface area contributed by atoms with E-state index < -0.39 is 0 Å². The summed E-state index contributed by atoms with van der Waals surface area (Å²) in [4.78, 5) is 16.6. The number of thiophene rings is 1. The van der Waals surface area contributed by atoms with Gasteiger partial charge in [0.15, 0.2) is 0 Å². The van der Waals surface area contributed by atoms with Crippen LogP contribution in [0.4, 0.5) is 0 Å². The summed E-state index contributed by atoms with van der Waals surface area (Å²) in [7, 11) is 0. The Labute approximate surface area is 138 Å². The largest absolute Gasteiger partial charge is 0.396 e. The van der Waals surface area contributed by atoms with Gasteiger partial charge in [0.05, 0.1) is 11.3 Å². The van der Waals surface area contributed by atoms with Crippen molar-refractivity contribution in [1.82, 2.24) is 14.7 Å². The van der Waals surface area contributed by atoms with Gasteiger partial charge in [0.1, 0.15) is 5.65 Å². The minimum absolute atomic E-state index is 0.0211. The van der Waals surface area contributed by atoms with Crippen molar-refractivity contribution in [3.8, 4) is 0 Å². The summed E-state index contributed by atoms with van der Waals surface area (Å²) < 4.78 is 1.85. The number of carbonyl (C=O) groups excluding carboxylic acids is 1. The van der Waals surface area contributed by atoms with E-state index in [0.717, 1.165) is 17.8 Å². The second-order valence-electron chi connectivity index (χ2n) is 5.66. The number of pyridine rings is 1. The van der Waals surface area contributed by atoms with Gasteiger partial charge in [-0.1, -0.05) is 0 Å². The monoisotopic (exact) mass is 329 g/mol. The molecule has 23 heavy (non-hydrogen) atoms. The lowest BCUT2D eigenvalue weighted by Crippen LogP contribution is -2.31. The Bertz CT molecular complexity index is 795. The van der Waals surface area contributed by atoms with Gasteiger partial charge in [-0.05, 0) is 47.9 Å². The Hall–Kier alpha value is -2.18. The quantitative estimate of drug-likeness (QED) is 0.729. The summed E-state index contributed by atoms with van der Waals surface area (Å²) in [6.45, 7) is 2.42. The zero-order valence-corrected chi connectivity index (χ0v) is 13.7. The summed E-state index contributed by atoms with van der Waals surface area (Å²) in [5.74, 6) is -0.116. The number of amides is 1. The first-order valence-corrected chi connectivity index (χ1v) is 8.45. The van der Waals surface area contributed by atoms with Crippen LogP contribution < -0.4 is 5.32 Å². The van der Waals surface area contributed by atoms with E-state index in [0.29, 0.717) is 12.1 Å². The van der Waals surface area contributed by atoms with Crippen molar-refractivity contribution < 1.29 is 9.90 Å². The van der Waals surface area contributed by atoms with Crippen molar-refractivity contribution in [1.29, 1.82) is 0 Å². The Kier molecular flexibility index (Phi) is 4.73. The van der Waals surface area contributed by atoms with Crippen LogP contribution in [0, 0.1) is 12.8 Å². The first-order valence-electron chi connectivity index (χ1n) is 7.51. The highest BCUT2D eigenvalue weighted by Crippen LogP contribution is 2.12. The molecule has 1 atom stereocenters. The number of aliphatic hydroxyl groups excluding tert-OH is 1.